The lowest BCUT2D eigenvalue weighted by Crippen LogP contribution is -2.28. The Morgan fingerprint density at radius 2 is 1.78 bits per heavy atom. The van der Waals surface area contributed by atoms with Crippen molar-refractivity contribution in [1.29, 1.82) is 0 Å². The van der Waals surface area contributed by atoms with E-state index in [1.165, 1.54) is 0 Å². The maximum Gasteiger partial charge on any atom is 0.319 e. The molecule has 0 radical (unpaired) electrons. The van der Waals surface area contributed by atoms with E-state index in [-0.39, 0.29) is 6.03 Å². The normalized spacial score (nSPS) is 10.7. The Balaban J connectivity index is 1.50. The summed E-state index contributed by atoms with van der Waals surface area (Å²) in [6.45, 7) is 0.416. The second-order valence-corrected chi connectivity index (χ2v) is 6.51. The van der Waals surface area contributed by atoms with Gasteiger partial charge in [0.15, 0.2) is 0 Å². The number of urea groups is 1. The summed E-state index contributed by atoms with van der Waals surface area (Å²) in [6.07, 6.45) is 3.89. The lowest BCUT2D eigenvalue weighted by atomic mass is 10.1. The molecule has 4 rings (SSSR count). The Labute approximate surface area is 161 Å². The number of amides is 2. The number of para-hydroxylation sites is 1. The van der Waals surface area contributed by atoms with E-state index < -0.39 is 0 Å². The van der Waals surface area contributed by atoms with E-state index in [4.69, 9.17) is 11.6 Å². The number of fused-ring (bicyclic) bond motifs is 1. The number of rotatable bonds is 4. The number of hydrogen-bond acceptors (Lipinski definition) is 2. The SMILES string of the molecule is O=C(NCc1ccc(Cl)cc1)Nc1ccccc1-c1cn2ccccc2n1. The zero-order valence-corrected chi connectivity index (χ0v) is 15.1. The van der Waals surface area contributed by atoms with E-state index in [0.717, 1.165) is 22.5 Å². The van der Waals surface area contributed by atoms with Crippen LogP contribution in [-0.2, 0) is 6.54 Å². The molecule has 27 heavy (non-hydrogen) atoms. The minimum Gasteiger partial charge on any atom is -0.334 e. The van der Waals surface area contributed by atoms with Gasteiger partial charge in [0.25, 0.3) is 0 Å². The van der Waals surface area contributed by atoms with E-state index >= 15 is 0 Å². The van der Waals surface area contributed by atoms with E-state index in [1.54, 1.807) is 12.1 Å². The predicted octanol–water partition coefficient (Wildman–Crippen LogP) is 4.98. The third-order valence-electron chi connectivity index (χ3n) is 4.18. The average Bonchev–Trinajstić information content (AvgIpc) is 3.12. The Morgan fingerprint density at radius 3 is 2.59 bits per heavy atom. The topological polar surface area (TPSA) is 58.4 Å². The van der Waals surface area contributed by atoms with Crippen LogP contribution in [0.5, 0.6) is 0 Å². The fourth-order valence-corrected chi connectivity index (χ4v) is 2.96. The summed E-state index contributed by atoms with van der Waals surface area (Å²) in [7, 11) is 0. The van der Waals surface area contributed by atoms with Crippen molar-refractivity contribution in [3.63, 3.8) is 0 Å². The van der Waals surface area contributed by atoms with Gasteiger partial charge in [-0.1, -0.05) is 48.0 Å². The van der Waals surface area contributed by atoms with Crippen LogP contribution < -0.4 is 10.6 Å². The second kappa shape index (κ2) is 7.51. The zero-order chi connectivity index (χ0) is 18.6. The quantitative estimate of drug-likeness (QED) is 0.528. The third kappa shape index (κ3) is 3.93. The van der Waals surface area contributed by atoms with Gasteiger partial charge in [0.05, 0.1) is 11.4 Å². The maximum atomic E-state index is 12.3. The number of pyridine rings is 1. The lowest BCUT2D eigenvalue weighted by molar-refractivity contribution is 0.252. The van der Waals surface area contributed by atoms with Crippen LogP contribution >= 0.6 is 11.6 Å². The largest absolute Gasteiger partial charge is 0.334 e. The number of hydrogen-bond donors (Lipinski definition) is 2. The standard InChI is InChI=1S/C21H17ClN4O/c22-16-10-8-15(9-11-16)13-23-21(27)25-18-6-2-1-5-17(18)19-14-26-12-4-3-7-20(26)24-19/h1-12,14H,13H2,(H2,23,25,27). The van der Waals surface area contributed by atoms with Crippen LogP contribution in [0.3, 0.4) is 0 Å². The number of nitrogens with one attached hydrogen (secondary N) is 2. The van der Waals surface area contributed by atoms with E-state index in [1.807, 2.05) is 71.4 Å². The lowest BCUT2D eigenvalue weighted by Gasteiger charge is -2.11. The van der Waals surface area contributed by atoms with Crippen molar-refractivity contribution in [3.05, 3.63) is 89.7 Å². The summed E-state index contributed by atoms with van der Waals surface area (Å²) in [4.78, 5) is 17.0. The molecule has 2 heterocycles. The number of nitrogens with zero attached hydrogens (tertiary/aromatic N) is 2. The first kappa shape index (κ1) is 17.1. The first-order valence-electron chi connectivity index (χ1n) is 8.51. The highest BCUT2D eigenvalue weighted by Crippen LogP contribution is 2.27. The summed E-state index contributed by atoms with van der Waals surface area (Å²) in [5.74, 6) is 0. The summed E-state index contributed by atoms with van der Waals surface area (Å²) < 4.78 is 1.95. The van der Waals surface area contributed by atoms with Crippen molar-refractivity contribution in [2.75, 3.05) is 5.32 Å². The number of carbonyl (C=O) groups excluding carboxylic acids is 1. The Kier molecular flexibility index (Phi) is 4.77. The summed E-state index contributed by atoms with van der Waals surface area (Å²) in [6, 6.07) is 20.5. The van der Waals surface area contributed by atoms with Crippen molar-refractivity contribution in [2.45, 2.75) is 6.54 Å². The summed E-state index contributed by atoms with van der Waals surface area (Å²) in [5, 5.41) is 6.43. The van der Waals surface area contributed by atoms with Crippen molar-refractivity contribution < 1.29 is 4.79 Å². The monoisotopic (exact) mass is 376 g/mol. The van der Waals surface area contributed by atoms with Gasteiger partial charge in [0, 0.05) is 29.5 Å². The smallest absolute Gasteiger partial charge is 0.319 e. The van der Waals surface area contributed by atoms with Crippen LogP contribution in [0.15, 0.2) is 79.1 Å². The zero-order valence-electron chi connectivity index (χ0n) is 14.4. The first-order valence-corrected chi connectivity index (χ1v) is 8.89. The minimum atomic E-state index is -0.277. The number of aromatic nitrogens is 2. The fourth-order valence-electron chi connectivity index (χ4n) is 2.83. The number of anilines is 1. The van der Waals surface area contributed by atoms with Crippen LogP contribution in [0.4, 0.5) is 10.5 Å². The van der Waals surface area contributed by atoms with Gasteiger partial charge in [-0.05, 0) is 35.9 Å². The van der Waals surface area contributed by atoms with Gasteiger partial charge >= 0.3 is 6.03 Å². The molecule has 0 fully saturated rings. The molecule has 6 heteroatoms. The van der Waals surface area contributed by atoms with Gasteiger partial charge in [0.1, 0.15) is 5.65 Å². The molecule has 0 spiro atoms. The van der Waals surface area contributed by atoms with Crippen LogP contribution in [0, 0.1) is 0 Å². The average molecular weight is 377 g/mol. The Bertz CT molecular complexity index is 1060. The van der Waals surface area contributed by atoms with Crippen LogP contribution in [0.25, 0.3) is 16.9 Å². The third-order valence-corrected chi connectivity index (χ3v) is 4.43. The minimum absolute atomic E-state index is 0.277. The highest BCUT2D eigenvalue weighted by Gasteiger charge is 2.11. The molecule has 5 nitrogen and oxygen atoms in total. The molecule has 0 bridgehead atoms. The number of benzene rings is 2. The van der Waals surface area contributed by atoms with Crippen molar-refractivity contribution >= 4 is 29.0 Å². The van der Waals surface area contributed by atoms with Crippen LogP contribution in [0.1, 0.15) is 5.56 Å². The highest BCUT2D eigenvalue weighted by atomic mass is 35.5. The Morgan fingerprint density at radius 1 is 1.00 bits per heavy atom. The van der Waals surface area contributed by atoms with Crippen LogP contribution in [-0.4, -0.2) is 15.4 Å². The molecule has 4 aromatic rings. The maximum absolute atomic E-state index is 12.3. The van der Waals surface area contributed by atoms with E-state index in [2.05, 4.69) is 15.6 Å². The van der Waals surface area contributed by atoms with E-state index in [9.17, 15) is 4.79 Å². The number of carbonyl (C=O) groups is 1. The summed E-state index contributed by atoms with van der Waals surface area (Å²) >= 11 is 5.88. The van der Waals surface area contributed by atoms with Gasteiger partial charge in [-0.3, -0.25) is 0 Å². The molecular weight excluding hydrogens is 360 g/mol. The Hall–Kier alpha value is -3.31. The molecule has 134 valence electrons. The molecule has 0 aliphatic carbocycles. The molecule has 0 saturated carbocycles. The summed E-state index contributed by atoms with van der Waals surface area (Å²) in [5.41, 5.74) is 4.20. The highest BCUT2D eigenvalue weighted by molar-refractivity contribution is 6.30. The fraction of sp³-hybridized carbons (Fsp3) is 0.0476. The molecule has 0 aliphatic heterocycles. The van der Waals surface area contributed by atoms with E-state index in [0.29, 0.717) is 17.3 Å². The van der Waals surface area contributed by atoms with Gasteiger partial charge < -0.3 is 15.0 Å². The van der Waals surface area contributed by atoms with Gasteiger partial charge in [-0.25, -0.2) is 9.78 Å². The number of imidazole rings is 1. The second-order valence-electron chi connectivity index (χ2n) is 6.07. The molecule has 0 aliphatic rings. The molecule has 0 unspecified atom stereocenters. The van der Waals surface area contributed by atoms with Crippen molar-refractivity contribution in [1.82, 2.24) is 14.7 Å². The molecule has 2 aromatic heterocycles. The van der Waals surface area contributed by atoms with Crippen molar-refractivity contribution in [3.8, 4) is 11.3 Å². The predicted molar refractivity (Wildman–Crippen MR) is 108 cm³/mol. The first-order chi connectivity index (χ1) is 13.2. The number of halogens is 1. The van der Waals surface area contributed by atoms with Crippen LogP contribution in [0.2, 0.25) is 5.02 Å². The molecule has 0 atom stereocenters. The van der Waals surface area contributed by atoms with Gasteiger partial charge in [-0.2, -0.15) is 0 Å². The molecule has 2 N–H and O–H groups in total. The van der Waals surface area contributed by atoms with Crippen molar-refractivity contribution in [2.24, 2.45) is 0 Å². The molecule has 2 amide bonds. The van der Waals surface area contributed by atoms with Gasteiger partial charge in [-0.15, -0.1) is 0 Å². The molecule has 0 saturated heterocycles. The van der Waals surface area contributed by atoms with Gasteiger partial charge in [0.2, 0.25) is 0 Å². The molecule has 2 aromatic carbocycles. The molecular formula is C21H17ClN4O.